The van der Waals surface area contributed by atoms with E-state index in [2.05, 4.69) is 15.9 Å². The number of hydrogen-bond acceptors (Lipinski definition) is 3. The summed E-state index contributed by atoms with van der Waals surface area (Å²) >= 11 is 3.31. The summed E-state index contributed by atoms with van der Waals surface area (Å²) in [5.41, 5.74) is 0.615. The van der Waals surface area contributed by atoms with E-state index in [0.717, 1.165) is 4.47 Å². The fourth-order valence-electron chi connectivity index (χ4n) is 2.04. The van der Waals surface area contributed by atoms with Gasteiger partial charge in [0.05, 0.1) is 6.54 Å². The highest BCUT2D eigenvalue weighted by Gasteiger charge is 2.36. The number of carboxylic acid groups (broad SMARTS) is 1. The zero-order chi connectivity index (χ0) is 13.3. The lowest BCUT2D eigenvalue weighted by Gasteiger charge is -2.37. The fraction of sp³-hybridized carbons (Fsp3) is 0.333. The van der Waals surface area contributed by atoms with Gasteiger partial charge in [0, 0.05) is 16.7 Å². The van der Waals surface area contributed by atoms with Crippen LogP contribution in [0.25, 0.3) is 0 Å². The minimum Gasteiger partial charge on any atom is -0.480 e. The number of nitrogens with zero attached hydrogens (tertiary/aromatic N) is 2. The third-order valence-electron chi connectivity index (χ3n) is 2.86. The summed E-state index contributed by atoms with van der Waals surface area (Å²) in [5.74, 6) is -1.18. The van der Waals surface area contributed by atoms with Crippen LogP contribution in [0.15, 0.2) is 28.7 Å². The van der Waals surface area contributed by atoms with Crippen LogP contribution < -0.4 is 4.90 Å². The third kappa shape index (κ3) is 2.54. The molecule has 2 rings (SSSR count). The molecule has 6 heteroatoms. The summed E-state index contributed by atoms with van der Waals surface area (Å²) in [6, 6.07) is 6.23. The SMILES string of the molecule is CN1CC(=O)N(c2ccc(Br)cc2)C(C(=O)O)C1. The van der Waals surface area contributed by atoms with Crippen molar-refractivity contribution < 1.29 is 14.7 Å². The first-order valence-electron chi connectivity index (χ1n) is 5.48. The Morgan fingerprint density at radius 3 is 2.56 bits per heavy atom. The summed E-state index contributed by atoms with van der Waals surface area (Å²) in [7, 11) is 1.74. The van der Waals surface area contributed by atoms with E-state index in [1.165, 1.54) is 4.90 Å². The Hall–Kier alpha value is -1.40. The predicted molar refractivity (Wildman–Crippen MR) is 70.5 cm³/mol. The molecular weight excluding hydrogens is 300 g/mol. The van der Waals surface area contributed by atoms with Gasteiger partial charge in [0.2, 0.25) is 5.91 Å². The van der Waals surface area contributed by atoms with Crippen LogP contribution >= 0.6 is 15.9 Å². The Morgan fingerprint density at radius 2 is 2.00 bits per heavy atom. The van der Waals surface area contributed by atoms with Gasteiger partial charge in [0.15, 0.2) is 0 Å². The second kappa shape index (κ2) is 5.07. The van der Waals surface area contributed by atoms with Gasteiger partial charge in [-0.2, -0.15) is 0 Å². The van der Waals surface area contributed by atoms with Crippen LogP contribution in [0.2, 0.25) is 0 Å². The molecule has 5 nitrogen and oxygen atoms in total. The van der Waals surface area contributed by atoms with E-state index in [1.807, 2.05) is 0 Å². The zero-order valence-electron chi connectivity index (χ0n) is 9.84. The van der Waals surface area contributed by atoms with E-state index < -0.39 is 12.0 Å². The molecule has 1 aliphatic rings. The first-order valence-corrected chi connectivity index (χ1v) is 6.27. The number of halogens is 1. The monoisotopic (exact) mass is 312 g/mol. The van der Waals surface area contributed by atoms with Crippen LogP contribution in [0, 0.1) is 0 Å². The number of carboxylic acids is 1. The van der Waals surface area contributed by atoms with Crippen molar-refractivity contribution in [2.75, 3.05) is 25.0 Å². The van der Waals surface area contributed by atoms with E-state index in [-0.39, 0.29) is 12.5 Å². The predicted octanol–water partition coefficient (Wildman–Crippen LogP) is 1.18. The highest BCUT2D eigenvalue weighted by molar-refractivity contribution is 9.10. The van der Waals surface area contributed by atoms with Gasteiger partial charge in [-0.05, 0) is 31.3 Å². The number of aliphatic carboxylic acids is 1. The number of amides is 1. The topological polar surface area (TPSA) is 60.9 Å². The van der Waals surface area contributed by atoms with Crippen LogP contribution in [-0.2, 0) is 9.59 Å². The molecule has 18 heavy (non-hydrogen) atoms. The van der Waals surface area contributed by atoms with Crippen molar-refractivity contribution in [3.63, 3.8) is 0 Å². The average Bonchev–Trinajstić information content (AvgIpc) is 2.29. The fourth-order valence-corrected chi connectivity index (χ4v) is 2.30. The summed E-state index contributed by atoms with van der Waals surface area (Å²) in [5, 5.41) is 9.23. The number of piperazine rings is 1. The molecule has 1 heterocycles. The molecule has 0 saturated carbocycles. The molecule has 0 aliphatic carbocycles. The van der Waals surface area contributed by atoms with Gasteiger partial charge >= 0.3 is 5.97 Å². The normalized spacial score (nSPS) is 21.1. The molecule has 1 aromatic rings. The van der Waals surface area contributed by atoms with Gasteiger partial charge in [0.1, 0.15) is 6.04 Å². The van der Waals surface area contributed by atoms with Gasteiger partial charge < -0.3 is 5.11 Å². The number of carbonyl (C=O) groups excluding carboxylic acids is 1. The van der Waals surface area contributed by atoms with E-state index in [9.17, 15) is 14.7 Å². The molecular formula is C12H13BrN2O3. The maximum absolute atomic E-state index is 12.0. The van der Waals surface area contributed by atoms with Crippen molar-refractivity contribution in [3.8, 4) is 0 Å². The first kappa shape index (κ1) is 13.0. The largest absolute Gasteiger partial charge is 0.480 e. The Kier molecular flexibility index (Phi) is 3.68. The van der Waals surface area contributed by atoms with E-state index >= 15 is 0 Å². The van der Waals surface area contributed by atoms with E-state index in [1.54, 1.807) is 36.2 Å². The molecule has 96 valence electrons. The molecule has 0 bridgehead atoms. The zero-order valence-corrected chi connectivity index (χ0v) is 11.4. The lowest BCUT2D eigenvalue weighted by atomic mass is 10.1. The maximum atomic E-state index is 12.0. The lowest BCUT2D eigenvalue weighted by Crippen LogP contribution is -2.58. The quantitative estimate of drug-likeness (QED) is 0.891. The summed E-state index contributed by atoms with van der Waals surface area (Å²) in [6.45, 7) is 0.566. The van der Waals surface area contributed by atoms with Crippen LogP contribution in [0.1, 0.15) is 0 Å². The van der Waals surface area contributed by atoms with Crippen molar-refractivity contribution >= 4 is 33.5 Å². The highest BCUT2D eigenvalue weighted by Crippen LogP contribution is 2.23. The lowest BCUT2D eigenvalue weighted by molar-refractivity contribution is -0.142. The van der Waals surface area contributed by atoms with E-state index in [0.29, 0.717) is 12.2 Å². The first-order chi connectivity index (χ1) is 8.49. The van der Waals surface area contributed by atoms with Gasteiger partial charge in [-0.15, -0.1) is 0 Å². The van der Waals surface area contributed by atoms with Crippen molar-refractivity contribution in [1.82, 2.24) is 4.90 Å². The second-order valence-corrected chi connectivity index (χ2v) is 5.21. The molecule has 1 unspecified atom stereocenters. The molecule has 1 N–H and O–H groups in total. The van der Waals surface area contributed by atoms with Crippen LogP contribution in [0.3, 0.4) is 0 Å². The van der Waals surface area contributed by atoms with Gasteiger partial charge in [-0.1, -0.05) is 15.9 Å². The van der Waals surface area contributed by atoms with Gasteiger partial charge in [-0.3, -0.25) is 14.6 Å². The highest BCUT2D eigenvalue weighted by atomic mass is 79.9. The molecule has 1 amide bonds. The number of rotatable bonds is 2. The van der Waals surface area contributed by atoms with Crippen molar-refractivity contribution in [3.05, 3.63) is 28.7 Å². The van der Waals surface area contributed by atoms with Crippen LogP contribution in [0.4, 0.5) is 5.69 Å². The molecule has 0 radical (unpaired) electrons. The third-order valence-corrected chi connectivity index (χ3v) is 3.39. The molecule has 0 spiro atoms. The van der Waals surface area contributed by atoms with Gasteiger partial charge in [0.25, 0.3) is 0 Å². The number of benzene rings is 1. The number of likely N-dealkylation sites (N-methyl/N-ethyl adjacent to an activating group) is 1. The van der Waals surface area contributed by atoms with Gasteiger partial charge in [-0.25, -0.2) is 4.79 Å². The van der Waals surface area contributed by atoms with Crippen molar-refractivity contribution in [2.45, 2.75) is 6.04 Å². The van der Waals surface area contributed by atoms with Crippen molar-refractivity contribution in [2.24, 2.45) is 0 Å². The van der Waals surface area contributed by atoms with Crippen LogP contribution in [-0.4, -0.2) is 48.1 Å². The summed E-state index contributed by atoms with van der Waals surface area (Å²) in [6.07, 6.45) is 0. The Labute approximate surface area is 113 Å². The second-order valence-electron chi connectivity index (χ2n) is 4.29. The molecule has 1 saturated heterocycles. The summed E-state index contributed by atoms with van der Waals surface area (Å²) in [4.78, 5) is 26.4. The minimum absolute atomic E-state index is 0.196. The smallest absolute Gasteiger partial charge is 0.328 e. The summed E-state index contributed by atoms with van der Waals surface area (Å²) < 4.78 is 0.889. The maximum Gasteiger partial charge on any atom is 0.328 e. The van der Waals surface area contributed by atoms with Crippen LogP contribution in [0.5, 0.6) is 0 Å². The number of hydrogen-bond donors (Lipinski definition) is 1. The Morgan fingerprint density at radius 1 is 1.39 bits per heavy atom. The Bertz CT molecular complexity index is 475. The molecule has 0 aromatic heterocycles. The van der Waals surface area contributed by atoms with E-state index in [4.69, 9.17) is 0 Å². The molecule has 1 aromatic carbocycles. The minimum atomic E-state index is -0.988. The standard InChI is InChI=1S/C12H13BrN2O3/c1-14-6-10(12(17)18)15(11(16)7-14)9-4-2-8(13)3-5-9/h2-5,10H,6-7H2,1H3,(H,17,18). The average molecular weight is 313 g/mol. The number of anilines is 1. The number of carbonyl (C=O) groups is 2. The van der Waals surface area contributed by atoms with Crippen molar-refractivity contribution in [1.29, 1.82) is 0 Å². The Balaban J connectivity index is 2.35. The molecule has 1 aliphatic heterocycles. The molecule has 1 atom stereocenters. The molecule has 1 fully saturated rings.